The Kier molecular flexibility index (Phi) is 5.35. The zero-order valence-corrected chi connectivity index (χ0v) is 15.6. The van der Waals surface area contributed by atoms with Crippen LogP contribution in [0.3, 0.4) is 0 Å². The van der Waals surface area contributed by atoms with E-state index in [0.717, 1.165) is 17.0 Å². The fraction of sp³-hybridized carbons (Fsp3) is 0.500. The Labute approximate surface area is 147 Å². The lowest BCUT2D eigenvalue weighted by Crippen LogP contribution is -2.32. The predicted molar refractivity (Wildman–Crippen MR) is 92.4 cm³/mol. The smallest absolute Gasteiger partial charge is 0.339 e. The summed E-state index contributed by atoms with van der Waals surface area (Å²) in [6.45, 7) is 7.67. The van der Waals surface area contributed by atoms with E-state index in [1.54, 1.807) is 18.9 Å². The third-order valence-corrected chi connectivity index (χ3v) is 4.56. The van der Waals surface area contributed by atoms with Gasteiger partial charge in [0.05, 0.1) is 12.2 Å². The van der Waals surface area contributed by atoms with Crippen LogP contribution in [0.1, 0.15) is 45.8 Å². The van der Waals surface area contributed by atoms with Crippen molar-refractivity contribution >= 4 is 11.9 Å². The van der Waals surface area contributed by atoms with Crippen molar-refractivity contribution < 1.29 is 19.1 Å². The summed E-state index contributed by atoms with van der Waals surface area (Å²) >= 11 is 0. The van der Waals surface area contributed by atoms with Gasteiger partial charge in [0.1, 0.15) is 17.1 Å². The number of amides is 1. The van der Waals surface area contributed by atoms with Gasteiger partial charge in [-0.2, -0.15) is 5.10 Å². The van der Waals surface area contributed by atoms with E-state index < -0.39 is 5.97 Å². The average molecular weight is 347 g/mol. The molecule has 0 aromatic carbocycles. The Morgan fingerprint density at radius 3 is 2.48 bits per heavy atom. The first kappa shape index (κ1) is 18.8. The highest BCUT2D eigenvalue weighted by molar-refractivity contribution is 5.88. The summed E-state index contributed by atoms with van der Waals surface area (Å²) in [7, 11) is 3.59. The molecule has 2 rings (SSSR count). The van der Waals surface area contributed by atoms with Crippen molar-refractivity contribution in [3.63, 3.8) is 0 Å². The maximum Gasteiger partial charge on any atom is 0.339 e. The van der Waals surface area contributed by atoms with Gasteiger partial charge in [-0.1, -0.05) is 6.92 Å². The third kappa shape index (κ3) is 3.92. The molecule has 2 aromatic rings. The Morgan fingerprint density at radius 1 is 1.36 bits per heavy atom. The fourth-order valence-electron chi connectivity index (χ4n) is 3.03. The van der Waals surface area contributed by atoms with Crippen molar-refractivity contribution in [2.24, 2.45) is 13.0 Å². The van der Waals surface area contributed by atoms with Crippen LogP contribution in [0, 0.1) is 26.7 Å². The standard InChI is InChI=1S/C18H25N3O4/c1-10(7-15-11(2)19-21(6)12(15)3)17(22)20(5)9-14-8-16(18(23)24)13(4)25-14/h8,10H,7,9H2,1-6H3,(H,23,24). The van der Waals surface area contributed by atoms with E-state index in [4.69, 9.17) is 9.52 Å². The molecule has 0 aliphatic rings. The Bertz CT molecular complexity index is 804. The lowest BCUT2D eigenvalue weighted by atomic mass is 9.98. The molecule has 2 aromatic heterocycles. The molecule has 7 heteroatoms. The zero-order valence-electron chi connectivity index (χ0n) is 15.6. The average Bonchev–Trinajstić information content (AvgIpc) is 3.01. The van der Waals surface area contributed by atoms with Gasteiger partial charge in [0.2, 0.25) is 5.91 Å². The lowest BCUT2D eigenvalue weighted by molar-refractivity contribution is -0.134. The Balaban J connectivity index is 2.06. The number of carboxylic acid groups (broad SMARTS) is 1. The SMILES string of the molecule is Cc1nn(C)c(C)c1CC(C)C(=O)N(C)Cc1cc(C(=O)O)c(C)o1. The topological polar surface area (TPSA) is 88.6 Å². The van der Waals surface area contributed by atoms with Crippen molar-refractivity contribution in [2.75, 3.05) is 7.05 Å². The van der Waals surface area contributed by atoms with E-state index in [1.165, 1.54) is 6.07 Å². The molecule has 25 heavy (non-hydrogen) atoms. The zero-order chi connectivity index (χ0) is 18.9. The van der Waals surface area contributed by atoms with Crippen LogP contribution in [0.2, 0.25) is 0 Å². The molecule has 0 fully saturated rings. The van der Waals surface area contributed by atoms with E-state index >= 15 is 0 Å². The summed E-state index contributed by atoms with van der Waals surface area (Å²) in [4.78, 5) is 25.3. The van der Waals surface area contributed by atoms with Gasteiger partial charge in [0.15, 0.2) is 0 Å². The molecule has 7 nitrogen and oxygen atoms in total. The number of aryl methyl sites for hydroxylation is 3. The highest BCUT2D eigenvalue weighted by Gasteiger charge is 2.23. The molecule has 1 amide bonds. The number of hydrogen-bond acceptors (Lipinski definition) is 4. The summed E-state index contributed by atoms with van der Waals surface area (Å²) < 4.78 is 7.27. The van der Waals surface area contributed by atoms with E-state index in [9.17, 15) is 9.59 Å². The van der Waals surface area contributed by atoms with Crippen molar-refractivity contribution in [1.82, 2.24) is 14.7 Å². The highest BCUT2D eigenvalue weighted by atomic mass is 16.4. The number of rotatable bonds is 6. The third-order valence-electron chi connectivity index (χ3n) is 4.56. The minimum atomic E-state index is -1.03. The van der Waals surface area contributed by atoms with Crippen LogP contribution in [-0.4, -0.2) is 38.7 Å². The van der Waals surface area contributed by atoms with Crippen molar-refractivity contribution in [3.05, 3.63) is 40.1 Å². The van der Waals surface area contributed by atoms with Crippen LogP contribution < -0.4 is 0 Å². The van der Waals surface area contributed by atoms with Crippen LogP contribution >= 0.6 is 0 Å². The van der Waals surface area contributed by atoms with Gasteiger partial charge in [-0.25, -0.2) is 4.79 Å². The number of nitrogens with zero attached hydrogens (tertiary/aromatic N) is 3. The largest absolute Gasteiger partial charge is 0.478 e. The minimum absolute atomic E-state index is 0.0198. The molecule has 136 valence electrons. The number of carbonyl (C=O) groups is 2. The first-order chi connectivity index (χ1) is 11.6. The summed E-state index contributed by atoms with van der Waals surface area (Å²) in [6, 6.07) is 1.47. The molecule has 0 aliphatic carbocycles. The number of furan rings is 1. The number of hydrogen-bond donors (Lipinski definition) is 1. The van der Waals surface area contributed by atoms with E-state index in [-0.39, 0.29) is 23.9 Å². The van der Waals surface area contributed by atoms with Gasteiger partial charge in [-0.05, 0) is 38.8 Å². The Hall–Kier alpha value is -2.57. The van der Waals surface area contributed by atoms with Crippen molar-refractivity contribution in [2.45, 2.75) is 40.7 Å². The second-order valence-electron chi connectivity index (χ2n) is 6.56. The summed E-state index contributed by atoms with van der Waals surface area (Å²) in [5.74, 6) is -0.447. The summed E-state index contributed by atoms with van der Waals surface area (Å²) in [5.41, 5.74) is 3.23. The maximum absolute atomic E-state index is 12.6. The van der Waals surface area contributed by atoms with E-state index in [1.807, 2.05) is 32.5 Å². The molecule has 2 heterocycles. The highest BCUT2D eigenvalue weighted by Crippen LogP contribution is 2.20. The minimum Gasteiger partial charge on any atom is -0.478 e. The van der Waals surface area contributed by atoms with Crippen LogP contribution in [0.25, 0.3) is 0 Å². The normalized spacial score (nSPS) is 12.2. The molecule has 0 saturated carbocycles. The molecule has 1 unspecified atom stereocenters. The van der Waals surface area contributed by atoms with Crippen LogP contribution in [-0.2, 0) is 24.8 Å². The second-order valence-corrected chi connectivity index (χ2v) is 6.56. The number of aromatic nitrogens is 2. The lowest BCUT2D eigenvalue weighted by Gasteiger charge is -2.20. The number of carbonyl (C=O) groups excluding carboxylic acids is 1. The molecule has 0 radical (unpaired) electrons. The Morgan fingerprint density at radius 2 is 2.00 bits per heavy atom. The number of carboxylic acids is 1. The van der Waals surface area contributed by atoms with Crippen LogP contribution in [0.15, 0.2) is 10.5 Å². The molecule has 1 atom stereocenters. The first-order valence-electron chi connectivity index (χ1n) is 8.18. The molecule has 0 aliphatic heterocycles. The molecule has 0 bridgehead atoms. The van der Waals surface area contributed by atoms with Gasteiger partial charge >= 0.3 is 5.97 Å². The van der Waals surface area contributed by atoms with E-state index in [2.05, 4.69) is 5.10 Å². The number of aromatic carboxylic acids is 1. The second kappa shape index (κ2) is 7.13. The van der Waals surface area contributed by atoms with Gasteiger partial charge in [-0.15, -0.1) is 0 Å². The van der Waals surface area contributed by atoms with Gasteiger partial charge in [0, 0.05) is 25.7 Å². The van der Waals surface area contributed by atoms with Crippen LogP contribution in [0.5, 0.6) is 0 Å². The molecule has 0 spiro atoms. The summed E-state index contributed by atoms with van der Waals surface area (Å²) in [5, 5.41) is 13.5. The molecular weight excluding hydrogens is 322 g/mol. The fourth-order valence-corrected chi connectivity index (χ4v) is 3.03. The van der Waals surface area contributed by atoms with Gasteiger partial charge < -0.3 is 14.4 Å². The molecule has 1 N–H and O–H groups in total. The molecular formula is C18H25N3O4. The quantitative estimate of drug-likeness (QED) is 0.867. The van der Waals surface area contributed by atoms with Crippen LogP contribution in [0.4, 0.5) is 0 Å². The maximum atomic E-state index is 12.6. The predicted octanol–water partition coefficient (Wildman–Crippen LogP) is 2.47. The summed E-state index contributed by atoms with van der Waals surface area (Å²) in [6.07, 6.45) is 0.617. The van der Waals surface area contributed by atoms with E-state index in [0.29, 0.717) is 17.9 Å². The van der Waals surface area contributed by atoms with Crippen molar-refractivity contribution in [3.8, 4) is 0 Å². The molecule has 0 saturated heterocycles. The first-order valence-corrected chi connectivity index (χ1v) is 8.18. The van der Waals surface area contributed by atoms with Crippen molar-refractivity contribution in [1.29, 1.82) is 0 Å². The monoisotopic (exact) mass is 347 g/mol. The van der Waals surface area contributed by atoms with Gasteiger partial charge in [-0.3, -0.25) is 9.48 Å². The van der Waals surface area contributed by atoms with Gasteiger partial charge in [0.25, 0.3) is 0 Å².